The summed E-state index contributed by atoms with van der Waals surface area (Å²) in [5, 5.41) is 8.97. The van der Waals surface area contributed by atoms with E-state index in [1.165, 1.54) is 0 Å². The van der Waals surface area contributed by atoms with Crippen molar-refractivity contribution in [2.75, 3.05) is 6.61 Å². The van der Waals surface area contributed by atoms with Crippen LogP contribution in [0.5, 0.6) is 5.75 Å². The lowest BCUT2D eigenvalue weighted by Crippen LogP contribution is -1.98. The lowest BCUT2D eigenvalue weighted by Gasteiger charge is -2.10. The summed E-state index contributed by atoms with van der Waals surface area (Å²) in [5.74, 6) is 0.862. The summed E-state index contributed by atoms with van der Waals surface area (Å²) in [6.45, 7) is 8.62. The van der Waals surface area contributed by atoms with Crippen molar-refractivity contribution in [3.05, 3.63) is 36.2 Å². The van der Waals surface area contributed by atoms with Gasteiger partial charge >= 0.3 is 0 Å². The Balaban J connectivity index is 2.95. The van der Waals surface area contributed by atoms with Gasteiger partial charge in [-0.1, -0.05) is 19.9 Å². The van der Waals surface area contributed by atoms with E-state index in [4.69, 9.17) is 10.00 Å². The quantitative estimate of drug-likeness (QED) is 0.750. The van der Waals surface area contributed by atoms with E-state index >= 15 is 0 Å². The third-order valence-electron chi connectivity index (χ3n) is 2.15. The molecule has 1 rings (SSSR count). The Labute approximate surface area is 91.5 Å². The molecule has 0 aliphatic rings. The summed E-state index contributed by atoms with van der Waals surface area (Å²) in [6.07, 6.45) is 0.943. The highest BCUT2D eigenvalue weighted by molar-refractivity contribution is 5.46. The summed E-state index contributed by atoms with van der Waals surface area (Å²) < 4.78 is 5.47. The van der Waals surface area contributed by atoms with Gasteiger partial charge < -0.3 is 4.74 Å². The van der Waals surface area contributed by atoms with Gasteiger partial charge in [0.15, 0.2) is 0 Å². The fourth-order valence-corrected chi connectivity index (χ4v) is 1.28. The smallest absolute Gasteiger partial charge is 0.137 e. The van der Waals surface area contributed by atoms with Crippen LogP contribution in [0.4, 0.5) is 0 Å². The first kappa shape index (κ1) is 11.6. The number of rotatable bonds is 4. The van der Waals surface area contributed by atoms with Crippen LogP contribution in [0.2, 0.25) is 0 Å². The molecule has 0 aliphatic carbocycles. The van der Waals surface area contributed by atoms with Crippen molar-refractivity contribution in [1.29, 1.82) is 5.26 Å². The molecule has 0 aliphatic heterocycles. The van der Waals surface area contributed by atoms with Crippen LogP contribution in [0.1, 0.15) is 37.3 Å². The largest absolute Gasteiger partial charge is 0.492 e. The molecule has 1 atom stereocenters. The van der Waals surface area contributed by atoms with Crippen molar-refractivity contribution >= 4 is 0 Å². The number of ether oxygens (including phenoxy) is 1. The lowest BCUT2D eigenvalue weighted by molar-refractivity contribution is 0.316. The minimum atomic E-state index is 0.192. The first-order chi connectivity index (χ1) is 7.19. The van der Waals surface area contributed by atoms with E-state index in [-0.39, 0.29) is 5.92 Å². The van der Waals surface area contributed by atoms with E-state index in [0.29, 0.717) is 17.9 Å². The molecule has 1 aromatic carbocycles. The fraction of sp³-hybridized carbons (Fsp3) is 0.385. The zero-order valence-corrected chi connectivity index (χ0v) is 9.29. The molecule has 0 amide bonds. The summed E-state index contributed by atoms with van der Waals surface area (Å²) in [4.78, 5) is 0. The van der Waals surface area contributed by atoms with Crippen molar-refractivity contribution in [3.8, 4) is 11.8 Å². The van der Waals surface area contributed by atoms with Gasteiger partial charge in [-0.15, -0.1) is 0 Å². The van der Waals surface area contributed by atoms with Gasteiger partial charge in [0, 0.05) is 0 Å². The van der Waals surface area contributed by atoms with Crippen molar-refractivity contribution in [2.45, 2.75) is 26.2 Å². The maximum Gasteiger partial charge on any atom is 0.137 e. The second-order valence-corrected chi connectivity index (χ2v) is 3.62. The first-order valence-corrected chi connectivity index (χ1v) is 5.19. The third kappa shape index (κ3) is 2.99. The molecule has 1 radical (unpaired) electrons. The average molecular weight is 202 g/mol. The average Bonchev–Trinajstić information content (AvgIpc) is 2.25. The maximum absolute atomic E-state index is 8.97. The third-order valence-corrected chi connectivity index (χ3v) is 2.15. The second-order valence-electron chi connectivity index (χ2n) is 3.62. The minimum absolute atomic E-state index is 0.192. The Morgan fingerprint density at radius 2 is 2.27 bits per heavy atom. The zero-order valence-electron chi connectivity index (χ0n) is 9.29. The number of nitriles is 1. The van der Waals surface area contributed by atoms with E-state index in [0.717, 1.165) is 12.0 Å². The minimum Gasteiger partial charge on any atom is -0.492 e. The summed E-state index contributed by atoms with van der Waals surface area (Å²) >= 11 is 0. The predicted octanol–water partition coefficient (Wildman–Crippen LogP) is 3.28. The number of nitrogens with zero attached hydrogens (tertiary/aromatic N) is 1. The van der Waals surface area contributed by atoms with Crippen LogP contribution < -0.4 is 4.74 Å². The molecule has 0 N–H and O–H groups in total. The van der Waals surface area contributed by atoms with Gasteiger partial charge in [-0.3, -0.25) is 0 Å². The molecule has 0 aromatic heterocycles. The molecule has 0 saturated carbocycles. The molecular weight excluding hydrogens is 186 g/mol. The van der Waals surface area contributed by atoms with Crippen LogP contribution in [-0.4, -0.2) is 6.61 Å². The van der Waals surface area contributed by atoms with E-state index in [1.807, 2.05) is 32.0 Å². The first-order valence-electron chi connectivity index (χ1n) is 5.19. The van der Waals surface area contributed by atoms with Crippen molar-refractivity contribution in [1.82, 2.24) is 0 Å². The standard InChI is InChI=1S/C13H16NO/c1-4-7-15-13-6-5-11(10(2)3)8-12(13)9-14/h5-6,8,10H,2,4,7H2,1,3H3. The van der Waals surface area contributed by atoms with Crippen LogP contribution in [0.25, 0.3) is 0 Å². The topological polar surface area (TPSA) is 33.0 Å². The number of hydrogen-bond donors (Lipinski definition) is 0. The Hall–Kier alpha value is -1.49. The molecule has 79 valence electrons. The molecule has 15 heavy (non-hydrogen) atoms. The number of hydrogen-bond acceptors (Lipinski definition) is 2. The molecule has 1 unspecified atom stereocenters. The van der Waals surface area contributed by atoms with Gasteiger partial charge in [-0.05, 0) is 37.0 Å². The highest BCUT2D eigenvalue weighted by Gasteiger charge is 2.06. The van der Waals surface area contributed by atoms with E-state index < -0.39 is 0 Å². The Kier molecular flexibility index (Phi) is 4.17. The molecule has 0 bridgehead atoms. The molecule has 2 nitrogen and oxygen atoms in total. The van der Waals surface area contributed by atoms with E-state index in [9.17, 15) is 0 Å². The summed E-state index contributed by atoms with van der Waals surface area (Å²) in [6, 6.07) is 7.81. The lowest BCUT2D eigenvalue weighted by atomic mass is 10.0. The van der Waals surface area contributed by atoms with Crippen molar-refractivity contribution < 1.29 is 4.74 Å². The van der Waals surface area contributed by atoms with Crippen molar-refractivity contribution in [3.63, 3.8) is 0 Å². The van der Waals surface area contributed by atoms with E-state index in [1.54, 1.807) is 0 Å². The van der Waals surface area contributed by atoms with Gasteiger partial charge in [0.2, 0.25) is 0 Å². The molecule has 0 heterocycles. The zero-order chi connectivity index (χ0) is 11.3. The maximum atomic E-state index is 8.97. The number of benzene rings is 1. The van der Waals surface area contributed by atoms with Crippen LogP contribution in [-0.2, 0) is 0 Å². The van der Waals surface area contributed by atoms with Crippen molar-refractivity contribution in [2.24, 2.45) is 0 Å². The molecular formula is C13H16NO. The summed E-state index contributed by atoms with van der Waals surface area (Å²) in [7, 11) is 0. The molecule has 0 saturated heterocycles. The predicted molar refractivity (Wildman–Crippen MR) is 60.7 cm³/mol. The normalized spacial score (nSPS) is 10.1. The Bertz CT molecular complexity index is 363. The van der Waals surface area contributed by atoms with Gasteiger partial charge in [-0.2, -0.15) is 5.26 Å². The highest BCUT2D eigenvalue weighted by Crippen LogP contribution is 2.23. The van der Waals surface area contributed by atoms with Gasteiger partial charge in [0.05, 0.1) is 12.2 Å². The molecule has 0 spiro atoms. The van der Waals surface area contributed by atoms with E-state index in [2.05, 4.69) is 13.0 Å². The van der Waals surface area contributed by atoms with Crippen LogP contribution >= 0.6 is 0 Å². The van der Waals surface area contributed by atoms with Gasteiger partial charge in [-0.25, -0.2) is 0 Å². The van der Waals surface area contributed by atoms with Crippen LogP contribution in [0.3, 0.4) is 0 Å². The molecule has 1 aromatic rings. The second kappa shape index (κ2) is 5.41. The van der Waals surface area contributed by atoms with Gasteiger partial charge in [0.25, 0.3) is 0 Å². The highest BCUT2D eigenvalue weighted by atomic mass is 16.5. The molecule has 2 heteroatoms. The molecule has 0 fully saturated rings. The SMILES string of the molecule is [CH2]C(C)c1ccc(OCCC)c(C#N)c1. The van der Waals surface area contributed by atoms with Crippen LogP contribution in [0.15, 0.2) is 18.2 Å². The Morgan fingerprint density at radius 1 is 1.53 bits per heavy atom. The monoisotopic (exact) mass is 202 g/mol. The summed E-state index contributed by atoms with van der Waals surface area (Å²) in [5.41, 5.74) is 1.66. The Morgan fingerprint density at radius 3 is 2.80 bits per heavy atom. The van der Waals surface area contributed by atoms with Crippen LogP contribution in [0, 0.1) is 18.3 Å². The fourth-order valence-electron chi connectivity index (χ4n) is 1.28. The van der Waals surface area contributed by atoms with Gasteiger partial charge in [0.1, 0.15) is 11.8 Å².